The number of rotatable bonds is 4. The van der Waals surface area contributed by atoms with Crippen LogP contribution < -0.4 is 10.6 Å². The van der Waals surface area contributed by atoms with Gasteiger partial charge in [-0.2, -0.15) is 4.98 Å². The van der Waals surface area contributed by atoms with Gasteiger partial charge in [-0.05, 0) is 56.5 Å². The average Bonchev–Trinajstić information content (AvgIpc) is 3.75. The zero-order valence-corrected chi connectivity index (χ0v) is 21.8. The van der Waals surface area contributed by atoms with Crippen LogP contribution in [0.3, 0.4) is 0 Å². The third kappa shape index (κ3) is 4.19. The van der Waals surface area contributed by atoms with Gasteiger partial charge < -0.3 is 20.0 Å². The minimum absolute atomic E-state index is 0.0277. The topological polar surface area (TPSA) is 125 Å². The lowest BCUT2D eigenvalue weighted by atomic mass is 10.1. The van der Waals surface area contributed by atoms with E-state index in [2.05, 4.69) is 15.0 Å². The molecule has 0 spiro atoms. The molecular weight excluding hydrogens is 522 g/mol. The van der Waals surface area contributed by atoms with Gasteiger partial charge in [0.15, 0.2) is 11.5 Å². The van der Waals surface area contributed by atoms with Crippen LogP contribution in [-0.4, -0.2) is 66.4 Å². The quantitative estimate of drug-likeness (QED) is 0.389. The van der Waals surface area contributed by atoms with Gasteiger partial charge in [0.2, 0.25) is 0 Å². The Hall–Kier alpha value is -4.61. The number of phenols is 1. The number of aromatic hydroxyl groups is 1. The fourth-order valence-corrected chi connectivity index (χ4v) is 5.41. The van der Waals surface area contributed by atoms with Crippen LogP contribution in [-0.2, 0) is 0 Å². The normalized spacial score (nSPS) is 17.4. The Labute approximate surface area is 227 Å². The van der Waals surface area contributed by atoms with Crippen molar-refractivity contribution < 1.29 is 23.8 Å². The summed E-state index contributed by atoms with van der Waals surface area (Å²) in [5, 5.41) is 20.0. The lowest BCUT2D eigenvalue weighted by molar-refractivity contribution is 0.136. The summed E-state index contributed by atoms with van der Waals surface area (Å²) in [6.45, 7) is 4.16. The van der Waals surface area contributed by atoms with Gasteiger partial charge in [-0.15, -0.1) is 0 Å². The van der Waals surface area contributed by atoms with Crippen molar-refractivity contribution in [3.05, 3.63) is 69.9 Å². The standard InChI is InChI=1S/C28H26F2N6O4/c1-14-8-9-31-22(16-6-7-16)24(14)36-26-17(12-19(30)23(32-26)21-18(29)4-3-5-20(21)37)25(33-27(36)38)35-11-10-34(28(39)40)13-15(35)2/h3-5,8-9,12,15-16,37H,6-7,10-11,13H2,1-2H3,(H,39,40). The molecule has 40 heavy (non-hydrogen) atoms. The van der Waals surface area contributed by atoms with Crippen LogP contribution in [0.25, 0.3) is 28.0 Å². The molecule has 12 heteroatoms. The molecule has 2 aliphatic rings. The van der Waals surface area contributed by atoms with E-state index in [4.69, 9.17) is 0 Å². The molecule has 1 unspecified atom stereocenters. The molecule has 1 aliphatic carbocycles. The SMILES string of the molecule is Cc1ccnc(C2CC2)c1-n1c(=O)nc(N2CCN(C(=O)O)CC2C)c2cc(F)c(-c3c(O)cccc3F)nc21. The van der Waals surface area contributed by atoms with Crippen molar-refractivity contribution in [3.8, 4) is 22.7 Å². The summed E-state index contributed by atoms with van der Waals surface area (Å²) in [6, 6.07) is 6.13. The second-order valence-corrected chi connectivity index (χ2v) is 10.3. The Morgan fingerprint density at radius 1 is 1.10 bits per heavy atom. The number of anilines is 1. The molecule has 1 aromatic carbocycles. The number of aromatic nitrogens is 4. The zero-order chi connectivity index (χ0) is 28.3. The third-order valence-corrected chi connectivity index (χ3v) is 7.54. The molecule has 6 rings (SSSR count). The number of hydrogen-bond acceptors (Lipinski definition) is 7. The molecule has 206 valence electrons. The largest absolute Gasteiger partial charge is 0.507 e. The van der Waals surface area contributed by atoms with Crippen molar-refractivity contribution in [3.63, 3.8) is 0 Å². The highest BCUT2D eigenvalue weighted by Crippen LogP contribution is 2.43. The van der Waals surface area contributed by atoms with Gasteiger partial charge >= 0.3 is 11.8 Å². The number of amides is 1. The molecular formula is C28H26F2N6O4. The molecule has 0 bridgehead atoms. The molecule has 1 saturated carbocycles. The predicted octanol–water partition coefficient (Wildman–Crippen LogP) is 4.20. The van der Waals surface area contributed by atoms with Gasteiger partial charge in [0, 0.05) is 37.8 Å². The van der Waals surface area contributed by atoms with Crippen LogP contribution >= 0.6 is 0 Å². The van der Waals surface area contributed by atoms with E-state index >= 15 is 4.39 Å². The molecule has 2 N–H and O–H groups in total. The van der Waals surface area contributed by atoms with E-state index in [1.165, 1.54) is 21.6 Å². The molecule has 4 aromatic rings. The second kappa shape index (κ2) is 9.54. The Bertz CT molecular complexity index is 1720. The first kappa shape index (κ1) is 25.7. The molecule has 4 heterocycles. The number of fused-ring (bicyclic) bond motifs is 1. The minimum atomic E-state index is -1.05. The van der Waals surface area contributed by atoms with Crippen LogP contribution in [0, 0.1) is 18.6 Å². The molecule has 10 nitrogen and oxygen atoms in total. The van der Waals surface area contributed by atoms with Crippen LogP contribution in [0.15, 0.2) is 41.3 Å². The van der Waals surface area contributed by atoms with Crippen molar-refractivity contribution in [2.75, 3.05) is 24.5 Å². The minimum Gasteiger partial charge on any atom is -0.507 e. The highest BCUT2D eigenvalue weighted by Gasteiger charge is 2.33. The highest BCUT2D eigenvalue weighted by atomic mass is 19.1. The number of aryl methyl sites for hydroxylation is 1. The van der Waals surface area contributed by atoms with E-state index in [0.717, 1.165) is 30.5 Å². The molecule has 2 fully saturated rings. The predicted molar refractivity (Wildman–Crippen MR) is 143 cm³/mol. The number of piperazine rings is 1. The maximum Gasteiger partial charge on any atom is 0.407 e. The highest BCUT2D eigenvalue weighted by molar-refractivity contribution is 5.91. The lowest BCUT2D eigenvalue weighted by Crippen LogP contribution is -2.54. The third-order valence-electron chi connectivity index (χ3n) is 7.54. The lowest BCUT2D eigenvalue weighted by Gasteiger charge is -2.39. The molecule has 1 saturated heterocycles. The number of hydrogen-bond donors (Lipinski definition) is 2. The van der Waals surface area contributed by atoms with Gasteiger partial charge in [-0.1, -0.05) is 6.07 Å². The van der Waals surface area contributed by atoms with E-state index in [1.807, 2.05) is 6.92 Å². The summed E-state index contributed by atoms with van der Waals surface area (Å²) in [5.41, 5.74) is 0.392. The van der Waals surface area contributed by atoms with E-state index in [-0.39, 0.29) is 48.4 Å². The number of nitrogens with zero attached hydrogens (tertiary/aromatic N) is 6. The van der Waals surface area contributed by atoms with Crippen molar-refractivity contribution in [1.82, 2.24) is 24.4 Å². The molecule has 1 amide bonds. The van der Waals surface area contributed by atoms with Gasteiger partial charge in [-0.25, -0.2) is 27.9 Å². The van der Waals surface area contributed by atoms with Crippen molar-refractivity contribution >= 4 is 22.9 Å². The Morgan fingerprint density at radius 2 is 1.88 bits per heavy atom. The fourth-order valence-electron chi connectivity index (χ4n) is 5.41. The molecule has 0 radical (unpaired) electrons. The van der Waals surface area contributed by atoms with Gasteiger partial charge in [-0.3, -0.25) is 4.98 Å². The first-order valence-electron chi connectivity index (χ1n) is 13.0. The van der Waals surface area contributed by atoms with Crippen LogP contribution in [0.5, 0.6) is 5.75 Å². The smallest absolute Gasteiger partial charge is 0.407 e. The molecule has 3 aromatic heterocycles. The summed E-state index contributed by atoms with van der Waals surface area (Å²) in [7, 11) is 0. The van der Waals surface area contributed by atoms with E-state index in [1.54, 1.807) is 24.1 Å². The summed E-state index contributed by atoms with van der Waals surface area (Å²) >= 11 is 0. The molecule has 1 aliphatic heterocycles. The van der Waals surface area contributed by atoms with E-state index in [0.29, 0.717) is 11.4 Å². The molecule has 1 atom stereocenters. The Balaban J connectivity index is 1.65. The van der Waals surface area contributed by atoms with Crippen molar-refractivity contribution in [1.29, 1.82) is 0 Å². The van der Waals surface area contributed by atoms with Gasteiger partial charge in [0.1, 0.15) is 23.1 Å². The second-order valence-electron chi connectivity index (χ2n) is 10.3. The Kier molecular flexibility index (Phi) is 6.12. The maximum absolute atomic E-state index is 15.7. The fraction of sp³-hybridized carbons (Fsp3) is 0.321. The van der Waals surface area contributed by atoms with Crippen LogP contribution in [0.1, 0.15) is 36.9 Å². The summed E-state index contributed by atoms with van der Waals surface area (Å²) in [6.07, 6.45) is 2.43. The maximum atomic E-state index is 15.7. The Morgan fingerprint density at radius 3 is 2.55 bits per heavy atom. The zero-order valence-electron chi connectivity index (χ0n) is 21.8. The van der Waals surface area contributed by atoms with Gasteiger partial charge in [0.25, 0.3) is 0 Å². The first-order chi connectivity index (χ1) is 19.2. The number of benzene rings is 1. The van der Waals surface area contributed by atoms with Crippen LogP contribution in [0.2, 0.25) is 0 Å². The first-order valence-corrected chi connectivity index (χ1v) is 13.0. The number of carbonyl (C=O) groups is 1. The van der Waals surface area contributed by atoms with Crippen molar-refractivity contribution in [2.24, 2.45) is 0 Å². The number of pyridine rings is 2. The van der Waals surface area contributed by atoms with E-state index < -0.39 is 40.4 Å². The van der Waals surface area contributed by atoms with Crippen LogP contribution in [0.4, 0.5) is 19.4 Å². The number of halogens is 2. The summed E-state index contributed by atoms with van der Waals surface area (Å²) < 4.78 is 31.9. The van der Waals surface area contributed by atoms with E-state index in [9.17, 15) is 24.2 Å². The number of phenolic OH excluding ortho intramolecular Hbond substituents is 1. The number of carboxylic acid groups (broad SMARTS) is 1. The van der Waals surface area contributed by atoms with Crippen molar-refractivity contribution in [2.45, 2.75) is 38.6 Å². The summed E-state index contributed by atoms with van der Waals surface area (Å²) in [4.78, 5) is 41.8. The summed E-state index contributed by atoms with van der Waals surface area (Å²) in [5.74, 6) is -1.98. The van der Waals surface area contributed by atoms with Gasteiger partial charge in [0.05, 0.1) is 22.3 Å². The average molecular weight is 549 g/mol. The monoisotopic (exact) mass is 548 g/mol.